The first-order valence-corrected chi connectivity index (χ1v) is 11.3. The first-order chi connectivity index (χ1) is 14.1. The van der Waals surface area contributed by atoms with Crippen LogP contribution in [0.15, 0.2) is 40.1 Å². The summed E-state index contributed by atoms with van der Waals surface area (Å²) in [6.07, 6.45) is 7.91. The predicted molar refractivity (Wildman–Crippen MR) is 113 cm³/mol. The van der Waals surface area contributed by atoms with E-state index in [9.17, 15) is 9.59 Å². The lowest BCUT2D eigenvalue weighted by atomic mass is 9.90. The van der Waals surface area contributed by atoms with E-state index >= 15 is 0 Å². The molecule has 0 radical (unpaired) electrons. The number of aryl methyl sites for hydroxylation is 1. The van der Waals surface area contributed by atoms with Gasteiger partial charge in [0.25, 0.3) is 0 Å². The maximum Gasteiger partial charge on any atom is 0.189 e. The van der Waals surface area contributed by atoms with Crippen LogP contribution in [0, 0.1) is 12.8 Å². The number of ketones is 2. The summed E-state index contributed by atoms with van der Waals surface area (Å²) in [6.45, 7) is 1.99. The first-order valence-electron chi connectivity index (χ1n) is 9.72. The Morgan fingerprint density at radius 1 is 1.21 bits per heavy atom. The minimum Gasteiger partial charge on any atom is -0.299 e. The van der Waals surface area contributed by atoms with E-state index in [0.29, 0.717) is 5.16 Å². The van der Waals surface area contributed by atoms with Crippen LogP contribution in [0.4, 0.5) is 0 Å². The maximum atomic E-state index is 13.0. The summed E-state index contributed by atoms with van der Waals surface area (Å²) in [6, 6.07) is 5.85. The highest BCUT2D eigenvalue weighted by Gasteiger charge is 2.26. The maximum absolute atomic E-state index is 13.0. The van der Waals surface area contributed by atoms with Crippen LogP contribution in [0.5, 0.6) is 0 Å². The molecule has 0 aliphatic heterocycles. The molecule has 1 saturated carbocycles. The van der Waals surface area contributed by atoms with E-state index in [4.69, 9.17) is 0 Å². The average Bonchev–Trinajstić information content (AvgIpc) is 3.46. The molecule has 1 aliphatic rings. The second-order valence-corrected chi connectivity index (χ2v) is 9.77. The Bertz CT molecular complexity index is 1010. The van der Waals surface area contributed by atoms with Crippen molar-refractivity contribution >= 4 is 34.7 Å². The van der Waals surface area contributed by atoms with Gasteiger partial charge in [0.15, 0.2) is 10.9 Å². The zero-order valence-corrected chi connectivity index (χ0v) is 17.8. The highest BCUT2D eigenvalue weighted by atomic mass is 32.2. The van der Waals surface area contributed by atoms with Crippen LogP contribution in [0.3, 0.4) is 0 Å². The number of hydrogen-bond donors (Lipinski definition) is 1. The Labute approximate surface area is 177 Å². The number of carbonyl (C=O) groups excluding carboxylic acids is 2. The van der Waals surface area contributed by atoms with E-state index in [-0.39, 0.29) is 30.3 Å². The van der Waals surface area contributed by atoms with Gasteiger partial charge in [0.05, 0.1) is 16.8 Å². The third-order valence-corrected chi connectivity index (χ3v) is 7.10. The van der Waals surface area contributed by atoms with E-state index in [2.05, 4.69) is 20.2 Å². The molecule has 4 rings (SSSR count). The number of carbonyl (C=O) groups is 2. The van der Waals surface area contributed by atoms with Crippen molar-refractivity contribution in [2.75, 3.05) is 0 Å². The number of thiazole rings is 1. The van der Waals surface area contributed by atoms with E-state index in [1.807, 2.05) is 25.1 Å². The van der Waals surface area contributed by atoms with Crippen molar-refractivity contribution in [1.82, 2.24) is 20.2 Å². The van der Waals surface area contributed by atoms with Crippen LogP contribution in [0.1, 0.15) is 52.2 Å². The topological polar surface area (TPSA) is 88.6 Å². The van der Waals surface area contributed by atoms with E-state index < -0.39 is 0 Å². The molecule has 1 aliphatic carbocycles. The molecule has 0 atom stereocenters. The van der Waals surface area contributed by atoms with E-state index in [0.717, 1.165) is 51.6 Å². The molecule has 8 heteroatoms. The fourth-order valence-electron chi connectivity index (χ4n) is 3.69. The van der Waals surface area contributed by atoms with Gasteiger partial charge in [-0.3, -0.25) is 14.7 Å². The lowest BCUT2D eigenvalue weighted by Crippen LogP contribution is -2.16. The molecule has 0 bridgehead atoms. The fourth-order valence-corrected chi connectivity index (χ4v) is 5.55. The van der Waals surface area contributed by atoms with Gasteiger partial charge >= 0.3 is 0 Å². The highest BCUT2D eigenvalue weighted by Crippen LogP contribution is 2.31. The predicted octanol–water partition coefficient (Wildman–Crippen LogP) is 4.45. The number of benzene rings is 1. The number of Topliss-reactive ketones (excluding diaryl/α,β-unsaturated/α-hetero) is 2. The molecule has 0 unspecified atom stereocenters. The molecule has 3 aromatic rings. The molecular weight excluding hydrogens is 404 g/mol. The van der Waals surface area contributed by atoms with Crippen molar-refractivity contribution in [3.05, 3.63) is 52.4 Å². The summed E-state index contributed by atoms with van der Waals surface area (Å²) >= 11 is 2.92. The van der Waals surface area contributed by atoms with Gasteiger partial charge in [-0.2, -0.15) is 5.10 Å². The van der Waals surface area contributed by atoms with Gasteiger partial charge in [-0.05, 0) is 43.2 Å². The van der Waals surface area contributed by atoms with Gasteiger partial charge < -0.3 is 0 Å². The molecule has 1 N–H and O–H groups in total. The largest absolute Gasteiger partial charge is 0.299 e. The lowest BCUT2D eigenvalue weighted by Gasteiger charge is -2.13. The smallest absolute Gasteiger partial charge is 0.189 e. The third-order valence-electron chi connectivity index (χ3n) is 5.12. The normalized spacial score (nSPS) is 14.4. The molecule has 0 amide bonds. The van der Waals surface area contributed by atoms with Crippen molar-refractivity contribution in [3.63, 3.8) is 0 Å². The van der Waals surface area contributed by atoms with Gasteiger partial charge in [-0.15, -0.1) is 11.3 Å². The first kappa shape index (κ1) is 20.0. The fraction of sp³-hybridized carbons (Fsp3) is 0.381. The SMILES string of the molecule is Cc1ccc(CC(=O)Cc2ncc(Sc3ncn[nH]3)s2)c(C(=O)C2CCCC2)c1. The van der Waals surface area contributed by atoms with Gasteiger partial charge in [0.2, 0.25) is 0 Å². The van der Waals surface area contributed by atoms with Gasteiger partial charge in [-0.25, -0.2) is 9.97 Å². The number of nitrogens with one attached hydrogen (secondary N) is 1. The monoisotopic (exact) mass is 426 g/mol. The molecular formula is C21H22N4O2S2. The zero-order chi connectivity index (χ0) is 20.2. The highest BCUT2D eigenvalue weighted by molar-refractivity contribution is 8.01. The number of aromatic amines is 1. The van der Waals surface area contributed by atoms with Gasteiger partial charge in [0, 0.05) is 17.9 Å². The Morgan fingerprint density at radius 3 is 2.79 bits per heavy atom. The molecule has 1 aromatic carbocycles. The molecule has 6 nitrogen and oxygen atoms in total. The third kappa shape index (κ3) is 5.00. The van der Waals surface area contributed by atoms with Crippen LogP contribution in [0.2, 0.25) is 0 Å². The average molecular weight is 427 g/mol. The molecule has 0 saturated heterocycles. The van der Waals surface area contributed by atoms with Crippen molar-refractivity contribution in [2.24, 2.45) is 5.92 Å². The number of aromatic nitrogens is 4. The summed E-state index contributed by atoms with van der Waals surface area (Å²) < 4.78 is 0.956. The number of nitrogens with zero attached hydrogens (tertiary/aromatic N) is 3. The summed E-state index contributed by atoms with van der Waals surface area (Å²) in [5.74, 6) is 0.383. The van der Waals surface area contributed by atoms with E-state index in [1.165, 1.54) is 29.4 Å². The van der Waals surface area contributed by atoms with Crippen molar-refractivity contribution in [3.8, 4) is 0 Å². The van der Waals surface area contributed by atoms with Crippen LogP contribution in [-0.4, -0.2) is 31.7 Å². The Kier molecular flexibility index (Phi) is 6.20. The van der Waals surface area contributed by atoms with Crippen molar-refractivity contribution in [2.45, 2.75) is 54.8 Å². The Balaban J connectivity index is 1.43. The standard InChI is InChI=1S/C21H22N4O2S2/c1-13-6-7-15(17(8-13)20(27)14-4-2-3-5-14)9-16(26)10-18-22-11-19(28-18)29-21-23-12-24-25-21/h6-8,11-12,14H,2-5,9-10H2,1H3,(H,23,24,25). The zero-order valence-electron chi connectivity index (χ0n) is 16.2. The Hall–Kier alpha value is -2.32. The molecule has 1 fully saturated rings. The lowest BCUT2D eigenvalue weighted by molar-refractivity contribution is -0.117. The molecule has 0 spiro atoms. The Morgan fingerprint density at radius 2 is 2.03 bits per heavy atom. The second-order valence-electron chi connectivity index (χ2n) is 7.36. The molecule has 150 valence electrons. The minimum atomic E-state index is 0.0693. The minimum absolute atomic E-state index is 0.0693. The second kappa shape index (κ2) is 9.00. The summed E-state index contributed by atoms with van der Waals surface area (Å²) in [5, 5.41) is 8.08. The van der Waals surface area contributed by atoms with Crippen molar-refractivity contribution in [1.29, 1.82) is 0 Å². The summed E-state index contributed by atoms with van der Waals surface area (Å²) in [4.78, 5) is 34.1. The summed E-state index contributed by atoms with van der Waals surface area (Å²) in [7, 11) is 0. The van der Waals surface area contributed by atoms with Crippen LogP contribution in [0.25, 0.3) is 0 Å². The quantitative estimate of drug-likeness (QED) is 0.536. The van der Waals surface area contributed by atoms with Gasteiger partial charge in [0.1, 0.15) is 17.1 Å². The summed E-state index contributed by atoms with van der Waals surface area (Å²) in [5.41, 5.74) is 2.62. The number of H-pyrrole nitrogens is 1. The molecule has 29 heavy (non-hydrogen) atoms. The van der Waals surface area contributed by atoms with Crippen LogP contribution in [-0.2, 0) is 17.6 Å². The van der Waals surface area contributed by atoms with Gasteiger partial charge in [-0.1, -0.05) is 30.5 Å². The van der Waals surface area contributed by atoms with Crippen molar-refractivity contribution < 1.29 is 9.59 Å². The van der Waals surface area contributed by atoms with Crippen LogP contribution >= 0.6 is 23.1 Å². The van der Waals surface area contributed by atoms with E-state index in [1.54, 1.807) is 6.20 Å². The molecule has 2 aromatic heterocycles. The molecule has 2 heterocycles. The number of rotatable bonds is 8. The van der Waals surface area contributed by atoms with Crippen LogP contribution < -0.4 is 0 Å². The number of hydrogen-bond acceptors (Lipinski definition) is 7.